The van der Waals surface area contributed by atoms with Gasteiger partial charge in [-0.15, -0.1) is 0 Å². The van der Waals surface area contributed by atoms with Gasteiger partial charge in [0, 0.05) is 0 Å². The molecule has 4 aromatic carbocycles. The largest absolute Gasteiger partial charge is 0.482 e. The first-order chi connectivity index (χ1) is 16.5. The number of hydrazone groups is 1. The van der Waals surface area contributed by atoms with Crippen LogP contribution in [0.25, 0.3) is 10.8 Å². The number of carbonyl (C=O) groups excluding carboxylic acids is 2. The van der Waals surface area contributed by atoms with E-state index >= 15 is 0 Å². The van der Waals surface area contributed by atoms with Crippen molar-refractivity contribution in [3.63, 3.8) is 0 Å². The Bertz CT molecular complexity index is 1370. The van der Waals surface area contributed by atoms with Crippen LogP contribution in [-0.4, -0.2) is 24.7 Å². The van der Waals surface area contributed by atoms with E-state index in [1.165, 1.54) is 6.21 Å². The van der Waals surface area contributed by atoms with E-state index in [2.05, 4.69) is 10.5 Å². The molecule has 4 rings (SSSR count). The predicted octanol–water partition coefficient (Wildman–Crippen LogP) is 5.89. The maximum absolute atomic E-state index is 12.6. The second-order valence-corrected chi connectivity index (χ2v) is 7.90. The third-order valence-electron chi connectivity index (χ3n) is 4.78. The molecule has 0 radical (unpaired) electrons. The second kappa shape index (κ2) is 10.8. The van der Waals surface area contributed by atoms with Gasteiger partial charge in [0.05, 0.1) is 16.8 Å². The Balaban J connectivity index is 1.30. The lowest BCUT2D eigenvalue weighted by molar-refractivity contribution is -0.123. The van der Waals surface area contributed by atoms with Crippen LogP contribution in [0.4, 0.5) is 0 Å². The zero-order chi connectivity index (χ0) is 23.9. The first-order valence-corrected chi connectivity index (χ1v) is 11.0. The van der Waals surface area contributed by atoms with E-state index < -0.39 is 11.9 Å². The minimum Gasteiger partial charge on any atom is -0.482 e. The number of amides is 1. The van der Waals surface area contributed by atoms with Crippen LogP contribution >= 0.6 is 23.2 Å². The summed E-state index contributed by atoms with van der Waals surface area (Å²) in [4.78, 5) is 24.6. The number of rotatable bonds is 7. The molecule has 0 bridgehead atoms. The first kappa shape index (κ1) is 23.3. The Kier molecular flexibility index (Phi) is 7.42. The summed E-state index contributed by atoms with van der Waals surface area (Å²) in [5.41, 5.74) is 3.56. The minimum absolute atomic E-state index is 0.238. The minimum atomic E-state index is -0.465. The third kappa shape index (κ3) is 5.73. The quantitative estimate of drug-likeness (QED) is 0.151. The molecule has 1 amide bonds. The van der Waals surface area contributed by atoms with E-state index in [9.17, 15) is 9.59 Å². The summed E-state index contributed by atoms with van der Waals surface area (Å²) < 4.78 is 10.9. The summed E-state index contributed by atoms with van der Waals surface area (Å²) in [6, 6.07) is 24.7. The highest BCUT2D eigenvalue weighted by molar-refractivity contribution is 6.42. The van der Waals surface area contributed by atoms with Crippen molar-refractivity contribution in [2.75, 3.05) is 6.61 Å². The maximum atomic E-state index is 12.6. The van der Waals surface area contributed by atoms with Gasteiger partial charge in [-0.25, -0.2) is 10.2 Å². The number of nitrogens with zero attached hydrogens (tertiary/aromatic N) is 1. The summed E-state index contributed by atoms with van der Waals surface area (Å²) >= 11 is 11.9. The molecule has 0 unspecified atom stereocenters. The van der Waals surface area contributed by atoms with Crippen molar-refractivity contribution in [3.05, 3.63) is 106 Å². The van der Waals surface area contributed by atoms with Crippen LogP contribution < -0.4 is 14.9 Å². The van der Waals surface area contributed by atoms with Crippen molar-refractivity contribution < 1.29 is 19.1 Å². The van der Waals surface area contributed by atoms with Gasteiger partial charge in [0.2, 0.25) is 0 Å². The highest BCUT2D eigenvalue weighted by Gasteiger charge is 2.12. The molecule has 0 aromatic heterocycles. The molecule has 0 heterocycles. The highest BCUT2D eigenvalue weighted by Crippen LogP contribution is 2.31. The molecule has 0 fully saturated rings. The average molecular weight is 493 g/mol. The van der Waals surface area contributed by atoms with Crippen LogP contribution in [0.5, 0.6) is 11.5 Å². The van der Waals surface area contributed by atoms with Gasteiger partial charge >= 0.3 is 5.97 Å². The van der Waals surface area contributed by atoms with Crippen LogP contribution in [-0.2, 0) is 4.79 Å². The van der Waals surface area contributed by atoms with E-state index in [1.54, 1.807) is 48.5 Å². The van der Waals surface area contributed by atoms with Crippen molar-refractivity contribution in [1.29, 1.82) is 0 Å². The molecule has 0 aliphatic heterocycles. The van der Waals surface area contributed by atoms with E-state index in [0.29, 0.717) is 27.6 Å². The monoisotopic (exact) mass is 492 g/mol. The molecule has 8 heteroatoms. The lowest BCUT2D eigenvalue weighted by Gasteiger charge is -2.08. The molecule has 170 valence electrons. The number of hydrogen-bond acceptors (Lipinski definition) is 5. The van der Waals surface area contributed by atoms with E-state index in [0.717, 1.165) is 10.8 Å². The summed E-state index contributed by atoms with van der Waals surface area (Å²) in [5, 5.41) is 6.26. The zero-order valence-electron chi connectivity index (χ0n) is 17.7. The fourth-order valence-corrected chi connectivity index (χ4v) is 3.48. The van der Waals surface area contributed by atoms with Crippen molar-refractivity contribution >= 4 is 52.1 Å². The topological polar surface area (TPSA) is 77.0 Å². The van der Waals surface area contributed by atoms with Crippen LogP contribution in [0.1, 0.15) is 15.9 Å². The molecule has 6 nitrogen and oxygen atoms in total. The van der Waals surface area contributed by atoms with Crippen molar-refractivity contribution in [2.24, 2.45) is 5.10 Å². The van der Waals surface area contributed by atoms with Gasteiger partial charge in [-0.05, 0) is 58.8 Å². The van der Waals surface area contributed by atoms with E-state index in [1.807, 2.05) is 36.4 Å². The molecule has 0 aliphatic rings. The van der Waals surface area contributed by atoms with Crippen LogP contribution in [0.3, 0.4) is 0 Å². The second-order valence-electron chi connectivity index (χ2n) is 7.12. The molecule has 0 saturated heterocycles. The zero-order valence-corrected chi connectivity index (χ0v) is 19.2. The molecule has 0 aliphatic carbocycles. The van der Waals surface area contributed by atoms with Gasteiger partial charge in [-0.2, -0.15) is 5.10 Å². The molecule has 1 N–H and O–H groups in total. The summed E-state index contributed by atoms with van der Waals surface area (Å²) in [6.45, 7) is -0.277. The number of carbonyl (C=O) groups is 2. The smallest absolute Gasteiger partial charge is 0.344 e. The predicted molar refractivity (Wildman–Crippen MR) is 133 cm³/mol. The number of ether oxygens (including phenoxy) is 2. The van der Waals surface area contributed by atoms with Gasteiger partial charge in [-0.3, -0.25) is 4.79 Å². The van der Waals surface area contributed by atoms with Crippen molar-refractivity contribution in [3.8, 4) is 11.5 Å². The number of halogens is 2. The highest BCUT2D eigenvalue weighted by atomic mass is 35.5. The van der Waals surface area contributed by atoms with Crippen LogP contribution in [0.2, 0.25) is 10.0 Å². The Morgan fingerprint density at radius 3 is 2.44 bits per heavy atom. The lowest BCUT2D eigenvalue weighted by atomic mass is 10.0. The summed E-state index contributed by atoms with van der Waals surface area (Å²) in [7, 11) is 0. The van der Waals surface area contributed by atoms with Crippen LogP contribution in [0, 0.1) is 0 Å². The van der Waals surface area contributed by atoms with Crippen LogP contribution in [0.15, 0.2) is 90.0 Å². The number of nitrogens with one attached hydrogen (secondary N) is 1. The Labute approximate surface area is 205 Å². The van der Waals surface area contributed by atoms with Gasteiger partial charge < -0.3 is 9.47 Å². The Hall–Kier alpha value is -3.87. The number of fused-ring (bicyclic) bond motifs is 1. The SMILES string of the molecule is O=C(COc1cccc(Cl)c1Cl)NN=Cc1ccc(OC(=O)c2cccc3ccccc23)cc1. The number of esters is 1. The average Bonchev–Trinajstić information content (AvgIpc) is 2.85. The van der Waals surface area contributed by atoms with Gasteiger partial charge in [0.15, 0.2) is 6.61 Å². The molecule has 0 spiro atoms. The number of benzene rings is 4. The van der Waals surface area contributed by atoms with Crippen molar-refractivity contribution in [1.82, 2.24) is 5.43 Å². The maximum Gasteiger partial charge on any atom is 0.344 e. The van der Waals surface area contributed by atoms with Gasteiger partial charge in [0.25, 0.3) is 5.91 Å². The summed E-state index contributed by atoms with van der Waals surface area (Å²) in [5.74, 6) is -0.203. The fraction of sp³-hybridized carbons (Fsp3) is 0.0385. The normalized spacial score (nSPS) is 10.9. The number of hydrogen-bond donors (Lipinski definition) is 1. The third-order valence-corrected chi connectivity index (χ3v) is 5.58. The molecule has 4 aromatic rings. The van der Waals surface area contributed by atoms with E-state index in [4.69, 9.17) is 32.7 Å². The molecular formula is C26H18Cl2N2O4. The fourth-order valence-electron chi connectivity index (χ4n) is 3.14. The molecule has 0 atom stereocenters. The molecule has 34 heavy (non-hydrogen) atoms. The Morgan fingerprint density at radius 1 is 0.882 bits per heavy atom. The van der Waals surface area contributed by atoms with E-state index in [-0.39, 0.29) is 11.6 Å². The van der Waals surface area contributed by atoms with Crippen molar-refractivity contribution in [2.45, 2.75) is 0 Å². The summed E-state index contributed by atoms with van der Waals surface area (Å²) in [6.07, 6.45) is 1.46. The molecular weight excluding hydrogens is 475 g/mol. The first-order valence-electron chi connectivity index (χ1n) is 10.2. The lowest BCUT2D eigenvalue weighted by Crippen LogP contribution is -2.24. The van der Waals surface area contributed by atoms with Gasteiger partial charge in [-0.1, -0.05) is 65.7 Å². The van der Waals surface area contributed by atoms with Gasteiger partial charge in [0.1, 0.15) is 16.5 Å². The standard InChI is InChI=1S/C26H18Cl2N2O4/c27-22-9-4-10-23(25(22)28)33-16-24(31)30-29-15-17-11-13-19(14-12-17)34-26(32)21-8-3-6-18-5-1-2-7-20(18)21/h1-15H,16H2,(H,30,31). The molecule has 0 saturated carbocycles. The Morgan fingerprint density at radius 2 is 1.62 bits per heavy atom.